The summed E-state index contributed by atoms with van der Waals surface area (Å²) in [5, 5.41) is 20.0. The fourth-order valence-electron chi connectivity index (χ4n) is 5.48. The van der Waals surface area contributed by atoms with Gasteiger partial charge >= 0.3 is 5.97 Å². The zero-order valence-electron chi connectivity index (χ0n) is 22.3. The van der Waals surface area contributed by atoms with E-state index in [0.29, 0.717) is 24.2 Å². The first-order valence-electron chi connectivity index (χ1n) is 13.2. The molecule has 2 aliphatic heterocycles. The van der Waals surface area contributed by atoms with Crippen molar-refractivity contribution in [1.29, 1.82) is 0 Å². The van der Waals surface area contributed by atoms with Crippen molar-refractivity contribution >= 4 is 5.97 Å². The first-order chi connectivity index (χ1) is 16.6. The smallest absolute Gasteiger partial charge is 0.305 e. The average Bonchev–Trinajstić information content (AvgIpc) is 3.43. The number of likely N-dealkylation sites (N-methyl/N-ethyl adjacent to an activating group) is 1. The molecule has 3 rings (SSSR count). The molecule has 1 aliphatic carbocycles. The van der Waals surface area contributed by atoms with Gasteiger partial charge in [-0.3, -0.25) is 4.79 Å². The zero-order valence-corrected chi connectivity index (χ0v) is 22.3. The SMILES string of the molecule is CC[C@H]1O[C@@H](C(C)=CCC=C[C@H]2[C@@H](C)[C@@H]2C=C[C@@H]2O[C@H](CC(=O)O)C[C@H](N(C)C)[C@H]2O)CC=C1C. The predicted molar refractivity (Wildman–Crippen MR) is 139 cm³/mol. The summed E-state index contributed by atoms with van der Waals surface area (Å²) < 4.78 is 12.2. The lowest BCUT2D eigenvalue weighted by atomic mass is 9.92. The number of carbonyl (C=O) groups is 1. The summed E-state index contributed by atoms with van der Waals surface area (Å²) in [7, 11) is 3.83. The van der Waals surface area contributed by atoms with Crippen LogP contribution in [-0.4, -0.2) is 71.7 Å². The highest BCUT2D eigenvalue weighted by Crippen LogP contribution is 2.48. The van der Waals surface area contributed by atoms with Crippen LogP contribution >= 0.6 is 0 Å². The van der Waals surface area contributed by atoms with Gasteiger partial charge in [-0.05, 0) is 82.5 Å². The summed E-state index contributed by atoms with van der Waals surface area (Å²) in [4.78, 5) is 13.2. The van der Waals surface area contributed by atoms with E-state index in [9.17, 15) is 15.0 Å². The Morgan fingerprint density at radius 3 is 2.57 bits per heavy atom. The predicted octanol–water partition coefficient (Wildman–Crippen LogP) is 4.75. The van der Waals surface area contributed by atoms with Gasteiger partial charge in [-0.15, -0.1) is 0 Å². The molecular formula is C29H45NO5. The second-order valence-corrected chi connectivity index (χ2v) is 10.8. The van der Waals surface area contributed by atoms with E-state index in [4.69, 9.17) is 9.47 Å². The maximum Gasteiger partial charge on any atom is 0.305 e. The van der Waals surface area contributed by atoms with Gasteiger partial charge in [-0.2, -0.15) is 0 Å². The Bertz CT molecular complexity index is 844. The highest BCUT2D eigenvalue weighted by Gasteiger charge is 2.43. The number of hydrogen-bond donors (Lipinski definition) is 2. The van der Waals surface area contributed by atoms with Crippen LogP contribution in [0.1, 0.15) is 59.8 Å². The quantitative estimate of drug-likeness (QED) is 0.433. The lowest BCUT2D eigenvalue weighted by Gasteiger charge is -2.41. The molecule has 3 aliphatic rings. The molecule has 1 saturated heterocycles. The highest BCUT2D eigenvalue weighted by molar-refractivity contribution is 5.67. The Kier molecular flexibility index (Phi) is 9.94. The van der Waals surface area contributed by atoms with Gasteiger partial charge in [0.25, 0.3) is 0 Å². The normalized spacial score (nSPS) is 38.3. The molecule has 2 fully saturated rings. The Labute approximate surface area is 211 Å². The third kappa shape index (κ3) is 7.39. The molecule has 0 radical (unpaired) electrons. The molecule has 0 aromatic carbocycles. The van der Waals surface area contributed by atoms with Gasteiger partial charge in [0.05, 0.1) is 30.8 Å². The van der Waals surface area contributed by atoms with Crippen molar-refractivity contribution in [3.05, 3.63) is 47.6 Å². The van der Waals surface area contributed by atoms with Gasteiger partial charge in [0, 0.05) is 6.04 Å². The number of hydrogen-bond acceptors (Lipinski definition) is 5. The van der Waals surface area contributed by atoms with Gasteiger partial charge in [-0.1, -0.05) is 50.3 Å². The molecule has 35 heavy (non-hydrogen) atoms. The van der Waals surface area contributed by atoms with Crippen LogP contribution in [0, 0.1) is 17.8 Å². The summed E-state index contributed by atoms with van der Waals surface area (Å²) in [6, 6.07) is -0.120. The summed E-state index contributed by atoms with van der Waals surface area (Å²) >= 11 is 0. The molecule has 0 aromatic heterocycles. The average molecular weight is 488 g/mol. The molecule has 2 heterocycles. The van der Waals surface area contributed by atoms with Gasteiger partial charge in [-0.25, -0.2) is 0 Å². The lowest BCUT2D eigenvalue weighted by molar-refractivity contribution is -0.153. The van der Waals surface area contributed by atoms with Crippen LogP contribution in [0.4, 0.5) is 0 Å². The molecule has 0 aromatic rings. The van der Waals surface area contributed by atoms with Crippen LogP contribution in [-0.2, 0) is 14.3 Å². The molecule has 0 unspecified atom stereocenters. The Balaban J connectivity index is 1.52. The van der Waals surface area contributed by atoms with E-state index in [-0.39, 0.29) is 30.8 Å². The minimum atomic E-state index is -0.872. The van der Waals surface area contributed by atoms with Crippen molar-refractivity contribution in [3.63, 3.8) is 0 Å². The van der Waals surface area contributed by atoms with Crippen molar-refractivity contribution in [2.75, 3.05) is 14.1 Å². The number of rotatable bonds is 10. The van der Waals surface area contributed by atoms with Crippen molar-refractivity contribution in [3.8, 4) is 0 Å². The number of aliphatic carboxylic acids is 1. The van der Waals surface area contributed by atoms with Crippen molar-refractivity contribution < 1.29 is 24.5 Å². The second kappa shape index (κ2) is 12.5. The molecule has 196 valence electrons. The molecule has 6 heteroatoms. The largest absolute Gasteiger partial charge is 0.481 e. The molecule has 9 atom stereocenters. The number of nitrogens with zero attached hydrogens (tertiary/aromatic N) is 1. The summed E-state index contributed by atoms with van der Waals surface area (Å²) in [6.07, 6.45) is 15.5. The minimum absolute atomic E-state index is 0.0412. The number of aliphatic hydroxyl groups excluding tert-OH is 1. The minimum Gasteiger partial charge on any atom is -0.481 e. The number of aliphatic hydroxyl groups is 1. The number of ether oxygens (including phenoxy) is 2. The lowest BCUT2D eigenvalue weighted by Crippen LogP contribution is -2.53. The van der Waals surface area contributed by atoms with Crippen molar-refractivity contribution in [1.82, 2.24) is 4.90 Å². The van der Waals surface area contributed by atoms with E-state index >= 15 is 0 Å². The molecule has 0 amide bonds. The number of carboxylic acid groups (broad SMARTS) is 1. The van der Waals surface area contributed by atoms with Gasteiger partial charge in [0.2, 0.25) is 0 Å². The Morgan fingerprint density at radius 2 is 1.91 bits per heavy atom. The molecule has 0 spiro atoms. The number of carboxylic acids is 1. The summed E-state index contributed by atoms with van der Waals surface area (Å²) in [6.45, 7) is 8.74. The number of allylic oxidation sites excluding steroid dienone is 4. The van der Waals surface area contributed by atoms with E-state index in [1.165, 1.54) is 11.1 Å². The zero-order chi connectivity index (χ0) is 25.7. The van der Waals surface area contributed by atoms with E-state index < -0.39 is 18.2 Å². The molecular weight excluding hydrogens is 442 g/mol. The molecule has 2 N–H and O–H groups in total. The first kappa shape index (κ1) is 27.9. The second-order valence-electron chi connectivity index (χ2n) is 10.8. The fourth-order valence-corrected chi connectivity index (χ4v) is 5.48. The Morgan fingerprint density at radius 1 is 1.20 bits per heavy atom. The molecule has 6 nitrogen and oxygen atoms in total. The van der Waals surface area contributed by atoms with Crippen LogP contribution in [0.2, 0.25) is 0 Å². The van der Waals surface area contributed by atoms with Crippen LogP contribution in [0.25, 0.3) is 0 Å². The van der Waals surface area contributed by atoms with E-state index in [2.05, 4.69) is 58.1 Å². The topological polar surface area (TPSA) is 79.2 Å². The monoisotopic (exact) mass is 487 g/mol. The van der Waals surface area contributed by atoms with Crippen molar-refractivity contribution in [2.24, 2.45) is 17.8 Å². The first-order valence-corrected chi connectivity index (χ1v) is 13.2. The molecule has 0 bridgehead atoms. The van der Waals surface area contributed by atoms with Crippen LogP contribution in [0.3, 0.4) is 0 Å². The van der Waals surface area contributed by atoms with Gasteiger partial charge in [0.1, 0.15) is 6.10 Å². The fraction of sp³-hybridized carbons (Fsp3) is 0.690. The third-order valence-electron chi connectivity index (χ3n) is 7.99. The van der Waals surface area contributed by atoms with E-state index in [0.717, 1.165) is 19.3 Å². The van der Waals surface area contributed by atoms with E-state index in [1.807, 2.05) is 25.1 Å². The van der Waals surface area contributed by atoms with Gasteiger partial charge < -0.3 is 24.6 Å². The van der Waals surface area contributed by atoms with Crippen LogP contribution in [0.5, 0.6) is 0 Å². The maximum atomic E-state index is 11.2. The highest BCUT2D eigenvalue weighted by atomic mass is 16.5. The Hall–Kier alpha value is -1.73. The van der Waals surface area contributed by atoms with E-state index in [1.54, 1.807) is 0 Å². The van der Waals surface area contributed by atoms with Crippen LogP contribution in [0.15, 0.2) is 47.6 Å². The summed E-state index contributed by atoms with van der Waals surface area (Å²) in [5.41, 5.74) is 2.64. The third-order valence-corrected chi connectivity index (χ3v) is 7.99. The molecule has 1 saturated carbocycles. The van der Waals surface area contributed by atoms with Crippen LogP contribution < -0.4 is 0 Å². The van der Waals surface area contributed by atoms with Gasteiger partial charge in [0.15, 0.2) is 0 Å². The maximum absolute atomic E-state index is 11.2. The summed E-state index contributed by atoms with van der Waals surface area (Å²) in [5.74, 6) is 0.586. The van der Waals surface area contributed by atoms with Crippen molar-refractivity contribution in [2.45, 2.75) is 96.4 Å². The standard InChI is InChI=1S/C29H45NO5/c1-7-25-19(3)12-14-26(35-25)18(2)10-8-9-11-22-20(4)23(22)13-15-27-29(33)24(30(5)6)16-21(34-27)17-28(31)32/h9-13,15,20-27,29,33H,7-8,14,16-17H2,1-6H3,(H,31,32)/t20-,21+,22+,23+,24+,25-,26-,27+,29-/m1/s1.